The molecule has 0 radical (unpaired) electrons. The van der Waals surface area contributed by atoms with Crippen LogP contribution in [0, 0.1) is 0 Å². The van der Waals surface area contributed by atoms with Gasteiger partial charge in [-0.3, -0.25) is 4.79 Å². The molecular weight excluding hydrogens is 364 g/mol. The molecule has 4 rings (SSSR count). The fraction of sp³-hybridized carbons (Fsp3) is 0.0870. The zero-order chi connectivity index (χ0) is 20.2. The Balaban J connectivity index is 1.50. The molecule has 6 heteroatoms. The van der Waals surface area contributed by atoms with Crippen molar-refractivity contribution in [1.29, 1.82) is 0 Å². The Morgan fingerprint density at radius 1 is 1.14 bits per heavy atom. The van der Waals surface area contributed by atoms with E-state index in [4.69, 9.17) is 0 Å². The van der Waals surface area contributed by atoms with E-state index in [1.165, 1.54) is 5.56 Å². The summed E-state index contributed by atoms with van der Waals surface area (Å²) < 4.78 is 0. The highest BCUT2D eigenvalue weighted by atomic mass is 16.3. The first-order valence-corrected chi connectivity index (χ1v) is 9.34. The maximum atomic E-state index is 12.4. The van der Waals surface area contributed by atoms with Crippen molar-refractivity contribution in [3.05, 3.63) is 83.4 Å². The number of aromatic amines is 1. The van der Waals surface area contributed by atoms with Gasteiger partial charge in [-0.25, -0.2) is 10.4 Å². The van der Waals surface area contributed by atoms with Crippen LogP contribution >= 0.6 is 0 Å². The van der Waals surface area contributed by atoms with Gasteiger partial charge in [0, 0.05) is 5.56 Å². The molecule has 0 unspecified atom stereocenters. The topological polar surface area (TPSA) is 90.4 Å². The number of carbonyl (C=O) groups is 1. The summed E-state index contributed by atoms with van der Waals surface area (Å²) in [4.78, 5) is 20.0. The molecule has 0 saturated heterocycles. The normalized spacial score (nSPS) is 11.2. The zero-order valence-corrected chi connectivity index (χ0v) is 15.9. The van der Waals surface area contributed by atoms with Crippen LogP contribution in [-0.2, 0) is 6.42 Å². The van der Waals surface area contributed by atoms with Crippen molar-refractivity contribution < 1.29 is 9.90 Å². The first kappa shape index (κ1) is 18.4. The molecule has 0 aliphatic carbocycles. The highest BCUT2D eigenvalue weighted by molar-refractivity contribution is 5.98. The molecule has 6 nitrogen and oxygen atoms in total. The van der Waals surface area contributed by atoms with Crippen LogP contribution in [-0.4, -0.2) is 27.2 Å². The predicted octanol–water partition coefficient (Wildman–Crippen LogP) is 4.26. The van der Waals surface area contributed by atoms with Gasteiger partial charge in [0.25, 0.3) is 5.91 Å². The number of aromatic nitrogens is 2. The molecule has 0 atom stereocenters. The highest BCUT2D eigenvalue weighted by Crippen LogP contribution is 2.28. The number of hydrogen-bond donors (Lipinski definition) is 3. The second-order valence-electron chi connectivity index (χ2n) is 6.63. The third kappa shape index (κ3) is 4.01. The van der Waals surface area contributed by atoms with E-state index in [2.05, 4.69) is 27.4 Å². The minimum atomic E-state index is -0.313. The van der Waals surface area contributed by atoms with Gasteiger partial charge in [0.1, 0.15) is 11.6 Å². The maximum Gasteiger partial charge on any atom is 0.271 e. The van der Waals surface area contributed by atoms with E-state index in [1.807, 2.05) is 30.3 Å². The largest absolute Gasteiger partial charge is 0.507 e. The Bertz CT molecular complexity index is 1190. The van der Waals surface area contributed by atoms with Gasteiger partial charge >= 0.3 is 0 Å². The third-order valence-corrected chi connectivity index (χ3v) is 4.67. The van der Waals surface area contributed by atoms with Gasteiger partial charge in [0.2, 0.25) is 0 Å². The second-order valence-corrected chi connectivity index (χ2v) is 6.63. The summed E-state index contributed by atoms with van der Waals surface area (Å²) in [5, 5.41) is 14.0. The summed E-state index contributed by atoms with van der Waals surface area (Å²) in [6.45, 7) is 2.10. The molecule has 0 aliphatic heterocycles. The van der Waals surface area contributed by atoms with Crippen molar-refractivity contribution in [2.75, 3.05) is 0 Å². The Morgan fingerprint density at radius 3 is 2.69 bits per heavy atom. The first-order chi connectivity index (χ1) is 14.1. The number of benzene rings is 3. The lowest BCUT2D eigenvalue weighted by molar-refractivity contribution is 0.0955. The molecule has 1 heterocycles. The first-order valence-electron chi connectivity index (χ1n) is 9.34. The Kier molecular flexibility index (Phi) is 5.07. The minimum Gasteiger partial charge on any atom is -0.507 e. The molecule has 144 valence electrons. The Morgan fingerprint density at radius 2 is 1.93 bits per heavy atom. The smallest absolute Gasteiger partial charge is 0.271 e. The van der Waals surface area contributed by atoms with Crippen molar-refractivity contribution >= 4 is 23.2 Å². The number of H-pyrrole nitrogens is 1. The number of phenols is 1. The summed E-state index contributed by atoms with van der Waals surface area (Å²) in [5.41, 5.74) is 7.19. The second kappa shape index (κ2) is 7.98. The van der Waals surface area contributed by atoms with Crippen molar-refractivity contribution in [2.24, 2.45) is 5.10 Å². The van der Waals surface area contributed by atoms with Gasteiger partial charge in [0.15, 0.2) is 0 Å². The monoisotopic (exact) mass is 384 g/mol. The number of rotatable bonds is 5. The van der Waals surface area contributed by atoms with E-state index in [-0.39, 0.29) is 11.7 Å². The van der Waals surface area contributed by atoms with E-state index in [9.17, 15) is 9.90 Å². The van der Waals surface area contributed by atoms with Gasteiger partial charge in [-0.15, -0.1) is 0 Å². The average Bonchev–Trinajstić information content (AvgIpc) is 3.17. The number of imidazole rings is 1. The van der Waals surface area contributed by atoms with Crippen LogP contribution in [0.5, 0.6) is 5.75 Å². The highest BCUT2D eigenvalue weighted by Gasteiger charge is 2.11. The Hall–Kier alpha value is -3.93. The summed E-state index contributed by atoms with van der Waals surface area (Å²) in [5.74, 6) is 0.377. The number of fused-ring (bicyclic) bond motifs is 1. The molecule has 0 saturated carbocycles. The van der Waals surface area contributed by atoms with Crippen LogP contribution < -0.4 is 5.43 Å². The third-order valence-electron chi connectivity index (χ3n) is 4.67. The fourth-order valence-electron chi connectivity index (χ4n) is 3.02. The molecule has 0 bridgehead atoms. The maximum absolute atomic E-state index is 12.4. The number of para-hydroxylation sites is 1. The van der Waals surface area contributed by atoms with Crippen molar-refractivity contribution in [3.63, 3.8) is 0 Å². The van der Waals surface area contributed by atoms with E-state index < -0.39 is 0 Å². The number of phenolic OH excluding ortho intramolecular Hbond substituents is 1. The van der Waals surface area contributed by atoms with Crippen LogP contribution in [0.25, 0.3) is 22.4 Å². The van der Waals surface area contributed by atoms with Crippen LogP contribution in [0.2, 0.25) is 0 Å². The van der Waals surface area contributed by atoms with Gasteiger partial charge in [0.05, 0.1) is 22.8 Å². The van der Waals surface area contributed by atoms with Crippen LogP contribution in [0.1, 0.15) is 28.4 Å². The Labute approximate surface area is 167 Å². The molecular formula is C23H20N4O2. The van der Waals surface area contributed by atoms with E-state index in [1.54, 1.807) is 42.6 Å². The lowest BCUT2D eigenvalue weighted by Crippen LogP contribution is -2.17. The number of hydrazone groups is 1. The SMILES string of the molecule is CCc1ccc(/C=N/NC(=O)c2ccc3nc(-c4ccccc4O)[nH]c3c2)cc1. The van der Waals surface area contributed by atoms with Gasteiger partial charge in [-0.1, -0.05) is 43.3 Å². The summed E-state index contributed by atoms with van der Waals surface area (Å²) in [6, 6.07) is 20.1. The number of nitrogens with zero attached hydrogens (tertiary/aromatic N) is 2. The summed E-state index contributed by atoms with van der Waals surface area (Å²) in [7, 11) is 0. The van der Waals surface area contributed by atoms with Crippen LogP contribution in [0.4, 0.5) is 0 Å². The number of nitrogens with one attached hydrogen (secondary N) is 2. The van der Waals surface area contributed by atoms with E-state index in [0.717, 1.165) is 12.0 Å². The molecule has 0 fully saturated rings. The number of amides is 1. The molecule has 29 heavy (non-hydrogen) atoms. The average molecular weight is 384 g/mol. The van der Waals surface area contributed by atoms with Crippen molar-refractivity contribution in [3.8, 4) is 17.1 Å². The lowest BCUT2D eigenvalue weighted by atomic mass is 10.1. The minimum absolute atomic E-state index is 0.144. The molecule has 0 aliphatic rings. The summed E-state index contributed by atoms with van der Waals surface area (Å²) in [6.07, 6.45) is 2.60. The molecule has 3 N–H and O–H groups in total. The quantitative estimate of drug-likeness (QED) is 0.355. The van der Waals surface area contributed by atoms with Crippen molar-refractivity contribution in [2.45, 2.75) is 13.3 Å². The predicted molar refractivity (Wildman–Crippen MR) is 114 cm³/mol. The van der Waals surface area contributed by atoms with Gasteiger partial charge < -0.3 is 10.1 Å². The number of aryl methyl sites for hydroxylation is 1. The number of aromatic hydroxyl groups is 1. The number of hydrogen-bond acceptors (Lipinski definition) is 4. The van der Waals surface area contributed by atoms with Gasteiger partial charge in [-0.05, 0) is 47.9 Å². The zero-order valence-electron chi connectivity index (χ0n) is 15.9. The lowest BCUT2D eigenvalue weighted by Gasteiger charge is -2.00. The molecule has 1 aromatic heterocycles. The van der Waals surface area contributed by atoms with Gasteiger partial charge in [-0.2, -0.15) is 5.10 Å². The molecule has 4 aromatic rings. The van der Waals surface area contributed by atoms with Crippen LogP contribution in [0.3, 0.4) is 0 Å². The van der Waals surface area contributed by atoms with E-state index >= 15 is 0 Å². The summed E-state index contributed by atoms with van der Waals surface area (Å²) >= 11 is 0. The molecule has 3 aromatic carbocycles. The number of carbonyl (C=O) groups excluding carboxylic acids is 1. The van der Waals surface area contributed by atoms with Crippen LogP contribution in [0.15, 0.2) is 71.8 Å². The van der Waals surface area contributed by atoms with Crippen molar-refractivity contribution in [1.82, 2.24) is 15.4 Å². The molecule has 0 spiro atoms. The molecule has 1 amide bonds. The van der Waals surface area contributed by atoms with E-state index in [0.29, 0.717) is 28.0 Å². The fourth-order valence-corrected chi connectivity index (χ4v) is 3.02. The standard InChI is InChI=1S/C23H20N4O2/c1-2-15-7-9-16(10-8-15)14-24-27-23(29)17-11-12-19-20(13-17)26-22(25-19)18-5-3-4-6-21(18)28/h3-14,28H,2H2,1H3,(H,25,26)(H,27,29)/b24-14+.